The van der Waals surface area contributed by atoms with Crippen LogP contribution in [-0.4, -0.2) is 69.2 Å². The number of rotatable bonds is 5. The van der Waals surface area contributed by atoms with Crippen molar-refractivity contribution in [2.45, 2.75) is 24.5 Å². The number of halogens is 1. The molecular weight excluding hydrogens is 332 g/mol. The van der Waals surface area contributed by atoms with Crippen molar-refractivity contribution in [3.05, 3.63) is 22.5 Å². The maximum atomic E-state index is 6.25. The molecule has 1 aromatic rings. The van der Waals surface area contributed by atoms with Crippen LogP contribution in [0.5, 0.6) is 5.75 Å². The van der Waals surface area contributed by atoms with E-state index in [1.54, 1.807) is 0 Å². The van der Waals surface area contributed by atoms with Gasteiger partial charge in [0.15, 0.2) is 0 Å². The van der Waals surface area contributed by atoms with Crippen LogP contribution in [0.3, 0.4) is 0 Å². The molecule has 3 aliphatic heterocycles. The molecule has 0 saturated carbocycles. The van der Waals surface area contributed by atoms with Gasteiger partial charge in [0.25, 0.3) is 0 Å². The summed E-state index contributed by atoms with van der Waals surface area (Å²) in [6.45, 7) is 4.99. The Morgan fingerprint density at radius 2 is 2.25 bits per heavy atom. The van der Waals surface area contributed by atoms with Gasteiger partial charge in [-0.2, -0.15) is 0 Å². The highest BCUT2D eigenvalue weighted by molar-refractivity contribution is 6.29. The molecule has 6 nitrogen and oxygen atoms in total. The largest absolute Gasteiger partial charge is 0.492 e. The Hall–Kier alpha value is -0.920. The SMILES string of the molecule is CN(CCOc1cc(Cl)nc2c1CCOC21CCOC1)C1COC1. The van der Waals surface area contributed by atoms with Crippen LogP contribution in [0.4, 0.5) is 0 Å². The van der Waals surface area contributed by atoms with E-state index in [0.29, 0.717) is 37.6 Å². The predicted octanol–water partition coefficient (Wildman–Crippen LogP) is 1.63. The van der Waals surface area contributed by atoms with Crippen LogP contribution in [0.1, 0.15) is 17.7 Å². The Morgan fingerprint density at radius 3 is 2.96 bits per heavy atom. The molecule has 0 radical (unpaired) electrons. The third kappa shape index (κ3) is 3.02. The summed E-state index contributed by atoms with van der Waals surface area (Å²) in [6, 6.07) is 2.33. The zero-order valence-corrected chi connectivity index (χ0v) is 14.7. The number of hydrogen-bond donors (Lipinski definition) is 0. The summed E-state index contributed by atoms with van der Waals surface area (Å²) < 4.78 is 22.9. The Balaban J connectivity index is 1.50. The molecule has 0 aromatic carbocycles. The van der Waals surface area contributed by atoms with Crippen molar-refractivity contribution in [2.24, 2.45) is 0 Å². The van der Waals surface area contributed by atoms with Crippen molar-refractivity contribution in [3.63, 3.8) is 0 Å². The summed E-state index contributed by atoms with van der Waals surface area (Å²) in [5.41, 5.74) is 1.57. The molecule has 1 atom stereocenters. The monoisotopic (exact) mass is 354 g/mol. The first-order valence-electron chi connectivity index (χ1n) is 8.50. The Kier molecular flexibility index (Phi) is 4.66. The van der Waals surface area contributed by atoms with Crippen molar-refractivity contribution in [3.8, 4) is 5.75 Å². The van der Waals surface area contributed by atoms with Gasteiger partial charge < -0.3 is 18.9 Å². The second kappa shape index (κ2) is 6.77. The van der Waals surface area contributed by atoms with E-state index in [2.05, 4.69) is 16.9 Å². The molecule has 4 rings (SSSR count). The zero-order chi connectivity index (χ0) is 16.6. The lowest BCUT2D eigenvalue weighted by atomic mass is 9.90. The number of aromatic nitrogens is 1. The molecule has 7 heteroatoms. The molecule has 4 heterocycles. The maximum Gasteiger partial charge on any atom is 0.136 e. The lowest BCUT2D eigenvalue weighted by Gasteiger charge is -2.35. The molecule has 2 fully saturated rings. The normalized spacial score (nSPS) is 26.6. The molecule has 0 amide bonds. The number of nitrogens with zero attached hydrogens (tertiary/aromatic N) is 2. The first kappa shape index (κ1) is 16.5. The Morgan fingerprint density at radius 1 is 1.38 bits per heavy atom. The minimum atomic E-state index is -0.448. The zero-order valence-electron chi connectivity index (χ0n) is 13.9. The van der Waals surface area contributed by atoms with Crippen molar-refractivity contribution in [1.82, 2.24) is 9.88 Å². The fourth-order valence-corrected chi connectivity index (χ4v) is 3.67. The number of hydrogen-bond acceptors (Lipinski definition) is 6. The van der Waals surface area contributed by atoms with Crippen LogP contribution in [-0.2, 0) is 26.2 Å². The van der Waals surface area contributed by atoms with Crippen LogP contribution < -0.4 is 4.74 Å². The minimum Gasteiger partial charge on any atom is -0.492 e. The first-order chi connectivity index (χ1) is 11.7. The highest BCUT2D eigenvalue weighted by atomic mass is 35.5. The van der Waals surface area contributed by atoms with Crippen LogP contribution in [0.2, 0.25) is 5.15 Å². The van der Waals surface area contributed by atoms with Crippen molar-refractivity contribution in [1.29, 1.82) is 0 Å². The first-order valence-corrected chi connectivity index (χ1v) is 8.88. The van der Waals surface area contributed by atoms with Crippen molar-refractivity contribution >= 4 is 11.6 Å². The summed E-state index contributed by atoms with van der Waals surface area (Å²) >= 11 is 6.25. The highest BCUT2D eigenvalue weighted by Crippen LogP contribution is 2.42. The summed E-state index contributed by atoms with van der Waals surface area (Å²) in [6.07, 6.45) is 1.61. The smallest absolute Gasteiger partial charge is 0.136 e. The summed E-state index contributed by atoms with van der Waals surface area (Å²) in [7, 11) is 2.10. The lowest BCUT2D eigenvalue weighted by Crippen LogP contribution is -2.48. The van der Waals surface area contributed by atoms with Crippen LogP contribution >= 0.6 is 11.6 Å². The van der Waals surface area contributed by atoms with Gasteiger partial charge in [-0.1, -0.05) is 11.6 Å². The summed E-state index contributed by atoms with van der Waals surface area (Å²) in [5.74, 6) is 0.831. The fraction of sp³-hybridized carbons (Fsp3) is 0.706. The van der Waals surface area contributed by atoms with Gasteiger partial charge in [-0.05, 0) is 7.05 Å². The van der Waals surface area contributed by atoms with Gasteiger partial charge in [-0.3, -0.25) is 4.90 Å². The second-order valence-corrected chi connectivity index (χ2v) is 7.07. The molecule has 132 valence electrons. The quantitative estimate of drug-likeness (QED) is 0.749. The molecule has 0 aliphatic carbocycles. The molecule has 3 aliphatic rings. The third-order valence-electron chi connectivity index (χ3n) is 5.14. The maximum absolute atomic E-state index is 6.25. The number of likely N-dealkylation sites (N-methyl/N-ethyl adjacent to an activating group) is 1. The average Bonchev–Trinajstić information content (AvgIpc) is 2.96. The molecule has 1 unspecified atom stereocenters. The molecule has 1 spiro atoms. The Bertz CT molecular complexity index is 602. The fourth-order valence-electron chi connectivity index (χ4n) is 3.49. The summed E-state index contributed by atoms with van der Waals surface area (Å²) in [5, 5.41) is 0.446. The van der Waals surface area contributed by atoms with E-state index in [-0.39, 0.29) is 0 Å². The van der Waals surface area contributed by atoms with Crippen molar-refractivity contribution in [2.75, 3.05) is 53.2 Å². The predicted molar refractivity (Wildman–Crippen MR) is 88.7 cm³/mol. The van der Waals surface area contributed by atoms with Gasteiger partial charge in [-0.15, -0.1) is 0 Å². The molecule has 1 aromatic heterocycles. The highest BCUT2D eigenvalue weighted by Gasteiger charge is 2.44. The molecular formula is C17H23ClN2O4. The lowest BCUT2D eigenvalue weighted by molar-refractivity contribution is -0.0673. The van der Waals surface area contributed by atoms with E-state index in [1.165, 1.54) is 0 Å². The topological polar surface area (TPSA) is 53.1 Å². The molecule has 0 bridgehead atoms. The second-order valence-electron chi connectivity index (χ2n) is 6.69. The van der Waals surface area contributed by atoms with Crippen LogP contribution in [0.15, 0.2) is 6.07 Å². The van der Waals surface area contributed by atoms with Crippen molar-refractivity contribution < 1.29 is 18.9 Å². The van der Waals surface area contributed by atoms with Gasteiger partial charge in [0.1, 0.15) is 23.1 Å². The van der Waals surface area contributed by atoms with E-state index in [9.17, 15) is 0 Å². The number of fused-ring (bicyclic) bond motifs is 2. The molecule has 24 heavy (non-hydrogen) atoms. The van der Waals surface area contributed by atoms with E-state index >= 15 is 0 Å². The Labute approximate surface area is 147 Å². The van der Waals surface area contributed by atoms with E-state index in [1.807, 2.05) is 6.07 Å². The molecule has 0 N–H and O–H groups in total. The third-order valence-corrected chi connectivity index (χ3v) is 5.34. The van der Waals surface area contributed by atoms with Crippen LogP contribution in [0.25, 0.3) is 0 Å². The van der Waals surface area contributed by atoms with E-state index in [0.717, 1.165) is 49.6 Å². The van der Waals surface area contributed by atoms with Crippen LogP contribution in [0, 0.1) is 0 Å². The van der Waals surface area contributed by atoms with Gasteiger partial charge in [0.2, 0.25) is 0 Å². The van der Waals surface area contributed by atoms with Gasteiger partial charge in [0.05, 0.1) is 38.2 Å². The van der Waals surface area contributed by atoms with Gasteiger partial charge in [0, 0.05) is 37.6 Å². The standard InChI is InChI=1S/C17H23ClN2O4/c1-20(12-9-22-10-12)4-7-23-14-8-15(18)19-16-13(14)2-5-24-17(16)3-6-21-11-17/h8,12H,2-7,9-11H2,1H3. The van der Waals surface area contributed by atoms with Gasteiger partial charge in [-0.25, -0.2) is 4.98 Å². The number of pyridine rings is 1. The summed E-state index contributed by atoms with van der Waals surface area (Å²) in [4.78, 5) is 6.83. The minimum absolute atomic E-state index is 0.446. The number of ether oxygens (including phenoxy) is 4. The van der Waals surface area contributed by atoms with Gasteiger partial charge >= 0.3 is 0 Å². The average molecular weight is 355 g/mol. The van der Waals surface area contributed by atoms with E-state index in [4.69, 9.17) is 30.5 Å². The molecule has 2 saturated heterocycles. The van der Waals surface area contributed by atoms with E-state index < -0.39 is 5.60 Å².